The lowest BCUT2D eigenvalue weighted by molar-refractivity contribution is -0.870. The minimum absolute atomic E-state index is 0.0305. The highest BCUT2D eigenvalue weighted by Gasteiger charge is 2.39. The topological polar surface area (TPSA) is 169 Å². The molecule has 0 aromatic carbocycles. The number of ether oxygens (including phenoxy) is 2. The fourth-order valence-corrected chi connectivity index (χ4v) is 6.72. The van der Waals surface area contributed by atoms with Gasteiger partial charge in [0.05, 0.1) is 52.5 Å². The standard InChI is InChI=1S/C44H74NO11P/c1-6-8-10-11-12-13-14-15-16-17-18-19-20-21-23-29-44(50)56-38(36-55-57(51,52)54-33-32-45(3,4)5)35-53-43(49)28-25-24-27-39-40(42(48)34-41(39)47)31-30-37(46)26-22-9-7-2/h8,10,12-13,15-16,18-19,24-25,30-31,37-42,46-48H,6-7,9,11,14,17,20-23,26-29,32-36H2,1-5H3/p+1/b10-8-,13-12-,16-15-,19-18-,25-24-,31-30+/t37-,38-,39+,40-,41+,42-/m1/s1. The number of phosphoric acid groups is 1. The molecule has 0 spiro atoms. The summed E-state index contributed by atoms with van der Waals surface area (Å²) in [6, 6.07) is 0. The number of allylic oxidation sites excluding steroid dienone is 9. The molecule has 0 heterocycles. The average Bonchev–Trinajstić information content (AvgIpc) is 3.42. The Morgan fingerprint density at radius 2 is 1.47 bits per heavy atom. The molecule has 1 aliphatic rings. The van der Waals surface area contributed by atoms with Crippen LogP contribution < -0.4 is 0 Å². The second kappa shape index (κ2) is 31.3. The number of carbonyl (C=O) groups excluding carboxylic acids is 2. The van der Waals surface area contributed by atoms with Crippen LogP contribution in [-0.4, -0.2) is 109 Å². The largest absolute Gasteiger partial charge is 0.472 e. The fraction of sp³-hybridized carbons (Fsp3) is 0.682. The first-order valence-electron chi connectivity index (χ1n) is 20.9. The van der Waals surface area contributed by atoms with E-state index in [-0.39, 0.29) is 44.3 Å². The van der Waals surface area contributed by atoms with Crippen molar-refractivity contribution >= 4 is 19.8 Å². The van der Waals surface area contributed by atoms with Crippen LogP contribution in [0.1, 0.15) is 110 Å². The zero-order valence-corrected chi connectivity index (χ0v) is 36.3. The molecule has 1 aliphatic carbocycles. The molecule has 0 saturated heterocycles. The Bertz CT molecular complexity index is 1320. The van der Waals surface area contributed by atoms with E-state index >= 15 is 0 Å². The van der Waals surface area contributed by atoms with Crippen molar-refractivity contribution in [2.24, 2.45) is 11.8 Å². The molecule has 4 N–H and O–H groups in total. The molecule has 0 aromatic rings. The molecule has 13 heteroatoms. The highest BCUT2D eigenvalue weighted by molar-refractivity contribution is 7.47. The molecule has 0 aliphatic heterocycles. The van der Waals surface area contributed by atoms with Gasteiger partial charge in [-0.3, -0.25) is 18.6 Å². The number of phosphoric ester groups is 1. The number of likely N-dealkylation sites (N-methyl/N-ethyl adjacent to an activating group) is 1. The molecule has 1 rings (SSSR count). The van der Waals surface area contributed by atoms with Crippen molar-refractivity contribution in [2.45, 2.75) is 135 Å². The van der Waals surface area contributed by atoms with Crippen molar-refractivity contribution in [3.63, 3.8) is 0 Å². The summed E-state index contributed by atoms with van der Waals surface area (Å²) in [5.41, 5.74) is 0. The number of unbranched alkanes of at least 4 members (excludes halogenated alkanes) is 4. The lowest BCUT2D eigenvalue weighted by atomic mass is 9.89. The molecule has 57 heavy (non-hydrogen) atoms. The van der Waals surface area contributed by atoms with Gasteiger partial charge in [-0.15, -0.1) is 0 Å². The van der Waals surface area contributed by atoms with E-state index in [1.165, 1.54) is 0 Å². The normalized spacial score (nSPS) is 21.5. The van der Waals surface area contributed by atoms with Gasteiger partial charge in [-0.05, 0) is 63.7 Å². The van der Waals surface area contributed by atoms with E-state index in [0.29, 0.717) is 30.3 Å². The van der Waals surface area contributed by atoms with Crippen molar-refractivity contribution in [1.82, 2.24) is 0 Å². The van der Waals surface area contributed by atoms with Crippen LogP contribution in [0.4, 0.5) is 0 Å². The molecule has 0 radical (unpaired) electrons. The summed E-state index contributed by atoms with van der Waals surface area (Å²) in [6.45, 7) is 3.74. The molecular formula is C44H75NO11P+. The maximum atomic E-state index is 12.7. The zero-order chi connectivity index (χ0) is 42.4. The molecule has 1 fully saturated rings. The van der Waals surface area contributed by atoms with Gasteiger partial charge < -0.3 is 34.2 Å². The second-order valence-corrected chi connectivity index (χ2v) is 17.1. The van der Waals surface area contributed by atoms with Crippen LogP contribution in [0.5, 0.6) is 0 Å². The maximum Gasteiger partial charge on any atom is 0.472 e. The number of aliphatic hydroxyl groups is 3. The maximum absolute atomic E-state index is 12.7. The fourth-order valence-electron chi connectivity index (χ4n) is 5.98. The van der Waals surface area contributed by atoms with Crippen molar-refractivity contribution in [3.8, 4) is 0 Å². The Hall–Kier alpha value is -2.67. The first kappa shape index (κ1) is 52.3. The van der Waals surface area contributed by atoms with E-state index in [9.17, 15) is 34.4 Å². The predicted molar refractivity (Wildman–Crippen MR) is 226 cm³/mol. The second-order valence-electron chi connectivity index (χ2n) is 15.6. The van der Waals surface area contributed by atoms with Crippen LogP contribution in [0.2, 0.25) is 0 Å². The first-order chi connectivity index (χ1) is 27.2. The zero-order valence-electron chi connectivity index (χ0n) is 35.4. The quantitative estimate of drug-likeness (QED) is 0.0172. The summed E-state index contributed by atoms with van der Waals surface area (Å²) < 4.78 is 34.1. The Labute approximate surface area is 343 Å². The molecule has 326 valence electrons. The van der Waals surface area contributed by atoms with E-state index in [1.54, 1.807) is 24.3 Å². The first-order valence-corrected chi connectivity index (χ1v) is 22.4. The van der Waals surface area contributed by atoms with Gasteiger partial charge in [0.1, 0.15) is 19.8 Å². The number of esters is 2. The Morgan fingerprint density at radius 3 is 2.12 bits per heavy atom. The molecule has 12 nitrogen and oxygen atoms in total. The Kier molecular flexibility index (Phi) is 28.7. The number of carbonyl (C=O) groups is 2. The number of quaternary nitrogens is 1. The van der Waals surface area contributed by atoms with Gasteiger partial charge in [-0.2, -0.15) is 0 Å². The number of hydrogen-bond donors (Lipinski definition) is 4. The van der Waals surface area contributed by atoms with Crippen LogP contribution in [0.15, 0.2) is 72.9 Å². The third-order valence-electron chi connectivity index (χ3n) is 9.32. The lowest BCUT2D eigenvalue weighted by Crippen LogP contribution is -2.37. The summed E-state index contributed by atoms with van der Waals surface area (Å²) in [7, 11) is 1.26. The lowest BCUT2D eigenvalue weighted by Gasteiger charge is -2.24. The van der Waals surface area contributed by atoms with Crippen LogP contribution in [0, 0.1) is 11.8 Å². The minimum atomic E-state index is -4.47. The smallest absolute Gasteiger partial charge is 0.461 e. The summed E-state index contributed by atoms with van der Waals surface area (Å²) >= 11 is 0. The summed E-state index contributed by atoms with van der Waals surface area (Å²) in [5, 5.41) is 31.4. The third-order valence-corrected chi connectivity index (χ3v) is 10.3. The van der Waals surface area contributed by atoms with Crippen molar-refractivity contribution in [3.05, 3.63) is 72.9 Å². The van der Waals surface area contributed by atoms with E-state index in [1.807, 2.05) is 21.1 Å². The van der Waals surface area contributed by atoms with Crippen molar-refractivity contribution < 1.29 is 57.4 Å². The number of aliphatic hydroxyl groups excluding tert-OH is 3. The molecule has 0 aromatic heterocycles. The molecule has 1 unspecified atom stereocenters. The van der Waals surface area contributed by atoms with Crippen LogP contribution in [-0.2, 0) is 32.7 Å². The van der Waals surface area contributed by atoms with Gasteiger partial charge in [-0.1, -0.05) is 106 Å². The Morgan fingerprint density at radius 1 is 0.807 bits per heavy atom. The molecule has 0 amide bonds. The van der Waals surface area contributed by atoms with Gasteiger partial charge in [0.15, 0.2) is 6.10 Å². The van der Waals surface area contributed by atoms with Gasteiger partial charge >= 0.3 is 19.8 Å². The highest BCUT2D eigenvalue weighted by Crippen LogP contribution is 2.43. The third kappa shape index (κ3) is 28.4. The molecule has 7 atom stereocenters. The average molecular weight is 825 g/mol. The monoisotopic (exact) mass is 825 g/mol. The van der Waals surface area contributed by atoms with Gasteiger partial charge in [0.2, 0.25) is 0 Å². The van der Waals surface area contributed by atoms with E-state index in [0.717, 1.165) is 57.8 Å². The Balaban J connectivity index is 2.62. The summed E-state index contributed by atoms with van der Waals surface area (Å²) in [6.07, 6.45) is 30.9. The number of hydrogen-bond acceptors (Lipinski definition) is 10. The minimum Gasteiger partial charge on any atom is -0.461 e. The molecular weight excluding hydrogens is 749 g/mol. The van der Waals surface area contributed by atoms with Crippen LogP contribution in [0.3, 0.4) is 0 Å². The van der Waals surface area contributed by atoms with Crippen LogP contribution >= 0.6 is 7.82 Å². The van der Waals surface area contributed by atoms with Crippen LogP contribution in [0.25, 0.3) is 0 Å². The molecule has 1 saturated carbocycles. The van der Waals surface area contributed by atoms with E-state index in [2.05, 4.69) is 62.5 Å². The van der Waals surface area contributed by atoms with E-state index in [4.69, 9.17) is 18.5 Å². The highest BCUT2D eigenvalue weighted by atomic mass is 31.2. The predicted octanol–water partition coefficient (Wildman–Crippen LogP) is 7.84. The number of nitrogens with zero attached hydrogens (tertiary/aromatic N) is 1. The number of rotatable bonds is 32. The summed E-state index contributed by atoms with van der Waals surface area (Å²) in [5.74, 6) is -1.76. The van der Waals surface area contributed by atoms with Crippen molar-refractivity contribution in [2.75, 3.05) is 47.5 Å². The van der Waals surface area contributed by atoms with Crippen molar-refractivity contribution in [1.29, 1.82) is 0 Å². The van der Waals surface area contributed by atoms with Gasteiger partial charge in [0, 0.05) is 18.8 Å². The van der Waals surface area contributed by atoms with Gasteiger partial charge in [0.25, 0.3) is 0 Å². The SMILES string of the molecule is CC/C=C\C/C=C\C/C=C\C/C=C\CCCCC(=O)O[C@H](COC(=O)C/C=C\C[C@H]1[C@@H](/C=C/[C@H](O)CCCCC)[C@H](O)C[C@@H]1O)COP(=O)(O)OCC[N+](C)(C)C. The van der Waals surface area contributed by atoms with Gasteiger partial charge in [-0.25, -0.2) is 4.57 Å². The summed E-state index contributed by atoms with van der Waals surface area (Å²) in [4.78, 5) is 35.5. The molecule has 0 bridgehead atoms. The van der Waals surface area contributed by atoms with E-state index < -0.39 is 50.8 Å².